The van der Waals surface area contributed by atoms with Crippen LogP contribution in [0.5, 0.6) is 0 Å². The molecule has 0 aliphatic heterocycles. The maximum Gasteiger partial charge on any atom is 0.273 e. The Hall–Kier alpha value is -2.75. The number of benzene rings is 1. The highest BCUT2D eigenvalue weighted by Gasteiger charge is 2.39. The summed E-state index contributed by atoms with van der Waals surface area (Å²) in [5.74, 6) is -5.11. The van der Waals surface area contributed by atoms with Gasteiger partial charge >= 0.3 is 0 Å². The van der Waals surface area contributed by atoms with E-state index >= 15 is 0 Å². The Morgan fingerprint density at radius 2 is 1.88 bits per heavy atom. The Labute approximate surface area is 193 Å². The monoisotopic (exact) mass is 486 g/mol. The van der Waals surface area contributed by atoms with Crippen LogP contribution in [0, 0.1) is 5.82 Å². The van der Waals surface area contributed by atoms with Gasteiger partial charge in [-0.15, -0.1) is 0 Å². The van der Waals surface area contributed by atoms with Gasteiger partial charge in [0.05, 0.1) is 0 Å². The molecule has 1 saturated carbocycles. The van der Waals surface area contributed by atoms with Crippen LogP contribution < -0.4 is 5.32 Å². The molecule has 0 bridgehead atoms. The second-order valence-corrected chi connectivity index (χ2v) is 8.31. The molecule has 178 valence electrons. The first-order valence-corrected chi connectivity index (χ1v) is 10.9. The second-order valence-electron chi connectivity index (χ2n) is 7.93. The lowest BCUT2D eigenvalue weighted by Gasteiger charge is -2.34. The molecule has 1 fully saturated rings. The quantitative estimate of drug-likeness (QED) is 0.453. The smallest absolute Gasteiger partial charge is 0.273 e. The van der Waals surface area contributed by atoms with Crippen molar-refractivity contribution in [3.63, 3.8) is 0 Å². The Bertz CT molecular complexity index is 954. The molecular weight excluding hydrogens is 464 g/mol. The molecule has 1 aliphatic carbocycles. The van der Waals surface area contributed by atoms with E-state index in [1.807, 2.05) is 0 Å². The SMILES string of the molecule is O=C(NC1CCC(F)(F)CC1)[C@H](c1cncnc1)N(CCc1cccc(F)c1)C(=O)[C@H](F)Cl. The highest BCUT2D eigenvalue weighted by molar-refractivity contribution is 6.29. The van der Waals surface area contributed by atoms with Crippen molar-refractivity contribution in [3.05, 3.63) is 59.9 Å². The van der Waals surface area contributed by atoms with E-state index in [0.29, 0.717) is 5.56 Å². The van der Waals surface area contributed by atoms with Gasteiger partial charge in [-0.3, -0.25) is 9.59 Å². The Balaban J connectivity index is 1.85. The molecule has 6 nitrogen and oxygen atoms in total. The van der Waals surface area contributed by atoms with Crippen LogP contribution in [-0.2, 0) is 16.0 Å². The summed E-state index contributed by atoms with van der Waals surface area (Å²) in [7, 11) is 0. The molecule has 1 aromatic carbocycles. The maximum atomic E-state index is 13.9. The number of rotatable bonds is 8. The lowest BCUT2D eigenvalue weighted by molar-refractivity contribution is -0.143. The minimum absolute atomic E-state index is 0.0647. The van der Waals surface area contributed by atoms with Crippen molar-refractivity contribution < 1.29 is 27.2 Å². The van der Waals surface area contributed by atoms with E-state index in [1.165, 1.54) is 36.9 Å². The topological polar surface area (TPSA) is 75.2 Å². The number of amides is 2. The third-order valence-corrected chi connectivity index (χ3v) is 5.71. The molecule has 2 atom stereocenters. The lowest BCUT2D eigenvalue weighted by Crippen LogP contribution is -2.49. The van der Waals surface area contributed by atoms with Crippen LogP contribution in [0.4, 0.5) is 17.6 Å². The highest BCUT2D eigenvalue weighted by Crippen LogP contribution is 2.33. The van der Waals surface area contributed by atoms with Crippen LogP contribution in [-0.4, -0.2) is 50.8 Å². The van der Waals surface area contributed by atoms with Gasteiger partial charge in [0.1, 0.15) is 18.2 Å². The Kier molecular flexibility index (Phi) is 8.23. The van der Waals surface area contributed by atoms with Crippen molar-refractivity contribution in [2.45, 2.75) is 55.7 Å². The van der Waals surface area contributed by atoms with Gasteiger partial charge in [-0.1, -0.05) is 23.7 Å². The van der Waals surface area contributed by atoms with Crippen molar-refractivity contribution in [3.8, 4) is 0 Å². The van der Waals surface area contributed by atoms with E-state index in [4.69, 9.17) is 11.6 Å². The molecule has 1 aromatic heterocycles. The van der Waals surface area contributed by atoms with Crippen LogP contribution in [0.3, 0.4) is 0 Å². The fraction of sp³-hybridized carbons (Fsp3) is 0.455. The molecule has 11 heteroatoms. The van der Waals surface area contributed by atoms with E-state index in [0.717, 1.165) is 4.90 Å². The summed E-state index contributed by atoms with van der Waals surface area (Å²) in [6, 6.07) is 3.76. The predicted molar refractivity (Wildman–Crippen MR) is 113 cm³/mol. The average molecular weight is 487 g/mol. The van der Waals surface area contributed by atoms with Crippen LogP contribution in [0.25, 0.3) is 0 Å². The molecule has 33 heavy (non-hydrogen) atoms. The fourth-order valence-electron chi connectivity index (χ4n) is 3.82. The number of alkyl halides is 4. The third-order valence-electron chi connectivity index (χ3n) is 5.52. The van der Waals surface area contributed by atoms with Gasteiger partial charge in [0.15, 0.2) is 0 Å². The summed E-state index contributed by atoms with van der Waals surface area (Å²) in [5.41, 5.74) is -1.71. The van der Waals surface area contributed by atoms with Gasteiger partial charge in [0.25, 0.3) is 11.5 Å². The largest absolute Gasteiger partial charge is 0.351 e. The van der Waals surface area contributed by atoms with Crippen LogP contribution in [0.15, 0.2) is 43.0 Å². The van der Waals surface area contributed by atoms with Gasteiger partial charge in [0, 0.05) is 43.4 Å². The first kappa shape index (κ1) is 24.9. The molecule has 1 N–H and O–H groups in total. The van der Waals surface area contributed by atoms with Crippen molar-refractivity contribution in [2.24, 2.45) is 0 Å². The van der Waals surface area contributed by atoms with Gasteiger partial charge in [-0.2, -0.15) is 0 Å². The molecule has 1 heterocycles. The standard InChI is InChI=1S/C22H23ClF4N4O2/c23-19(25)21(33)31(9-6-14-2-1-3-16(24)10-14)18(15-11-28-13-29-12-15)20(32)30-17-4-7-22(26,27)8-5-17/h1-3,10-13,17-19H,4-9H2,(H,30,32)/t18-,19-/m0/s1. The predicted octanol–water partition coefficient (Wildman–Crippen LogP) is 3.96. The number of nitrogens with zero attached hydrogens (tertiary/aromatic N) is 3. The zero-order valence-electron chi connectivity index (χ0n) is 17.6. The van der Waals surface area contributed by atoms with Gasteiger partial charge in [-0.05, 0) is 37.0 Å². The molecule has 3 rings (SSSR count). The zero-order valence-corrected chi connectivity index (χ0v) is 18.3. The van der Waals surface area contributed by atoms with E-state index < -0.39 is 41.3 Å². The summed E-state index contributed by atoms with van der Waals surface area (Å²) in [6.07, 6.45) is 3.33. The molecule has 0 unspecified atom stereocenters. The summed E-state index contributed by atoms with van der Waals surface area (Å²) in [6.45, 7) is -0.162. The number of nitrogens with one attached hydrogen (secondary N) is 1. The fourth-order valence-corrected chi connectivity index (χ4v) is 3.95. The summed E-state index contributed by atoms with van der Waals surface area (Å²) >= 11 is 5.43. The Morgan fingerprint density at radius 1 is 1.21 bits per heavy atom. The molecule has 0 saturated heterocycles. The van der Waals surface area contributed by atoms with E-state index in [9.17, 15) is 27.2 Å². The number of halogens is 5. The van der Waals surface area contributed by atoms with Gasteiger partial charge in [0.2, 0.25) is 11.8 Å². The molecular formula is C22H23ClF4N4O2. The first-order valence-electron chi connectivity index (χ1n) is 10.4. The minimum atomic E-state index is -2.78. The Morgan fingerprint density at radius 3 is 2.48 bits per heavy atom. The van der Waals surface area contributed by atoms with Crippen molar-refractivity contribution in [2.75, 3.05) is 6.54 Å². The summed E-state index contributed by atoms with van der Waals surface area (Å²) in [5, 5.41) is 2.69. The van der Waals surface area contributed by atoms with Crippen LogP contribution in [0.1, 0.15) is 42.9 Å². The normalized spacial score (nSPS) is 17.7. The molecule has 0 spiro atoms. The third kappa shape index (κ3) is 6.86. The van der Waals surface area contributed by atoms with Crippen LogP contribution in [0.2, 0.25) is 0 Å². The number of hydrogen-bond donors (Lipinski definition) is 1. The first-order chi connectivity index (χ1) is 15.7. The van der Waals surface area contributed by atoms with Crippen molar-refractivity contribution >= 4 is 23.4 Å². The van der Waals surface area contributed by atoms with E-state index in [2.05, 4.69) is 15.3 Å². The van der Waals surface area contributed by atoms with Gasteiger partial charge in [-0.25, -0.2) is 27.5 Å². The molecule has 2 aromatic rings. The van der Waals surface area contributed by atoms with Gasteiger partial charge < -0.3 is 10.2 Å². The number of aromatic nitrogens is 2. The maximum absolute atomic E-state index is 13.9. The molecule has 1 aliphatic rings. The second kappa shape index (κ2) is 10.9. The van der Waals surface area contributed by atoms with Crippen LogP contribution >= 0.6 is 11.6 Å². The van der Waals surface area contributed by atoms with E-state index in [1.54, 1.807) is 6.07 Å². The number of hydrogen-bond acceptors (Lipinski definition) is 4. The summed E-state index contributed by atoms with van der Waals surface area (Å²) < 4.78 is 54.4. The van der Waals surface area contributed by atoms with E-state index in [-0.39, 0.29) is 44.2 Å². The lowest BCUT2D eigenvalue weighted by atomic mass is 9.92. The number of carbonyl (C=O) groups is 2. The molecule has 2 amide bonds. The number of carbonyl (C=O) groups excluding carboxylic acids is 2. The zero-order chi connectivity index (χ0) is 24.0. The highest BCUT2D eigenvalue weighted by atomic mass is 35.5. The molecule has 0 radical (unpaired) electrons. The average Bonchev–Trinajstić information content (AvgIpc) is 2.78. The van der Waals surface area contributed by atoms with Crippen molar-refractivity contribution in [1.29, 1.82) is 0 Å². The summed E-state index contributed by atoms with van der Waals surface area (Å²) in [4.78, 5) is 34.6. The minimum Gasteiger partial charge on any atom is -0.351 e. The van der Waals surface area contributed by atoms with Crippen molar-refractivity contribution in [1.82, 2.24) is 20.2 Å².